The standard InChI is InChI=1S/C18H15ClN2O/c1-10-13-5-4-12(22-3)8-11(13)9-14-16-15(21(2)17(10)14)6-7-20-18(16)19/h4-9H,1-3H3. The number of fused-ring (bicyclic) bond motifs is 4. The van der Waals surface area contributed by atoms with Gasteiger partial charge in [0.2, 0.25) is 0 Å². The van der Waals surface area contributed by atoms with Gasteiger partial charge >= 0.3 is 0 Å². The van der Waals surface area contributed by atoms with Crippen molar-refractivity contribution in [1.82, 2.24) is 9.55 Å². The van der Waals surface area contributed by atoms with Crippen molar-refractivity contribution >= 4 is 44.2 Å². The Balaban J connectivity index is 2.29. The fraction of sp³-hybridized carbons (Fsp3) is 0.167. The molecule has 2 heterocycles. The van der Waals surface area contributed by atoms with Crippen LogP contribution in [0.3, 0.4) is 0 Å². The lowest BCUT2D eigenvalue weighted by molar-refractivity contribution is 0.415. The van der Waals surface area contributed by atoms with Crippen LogP contribution in [0, 0.1) is 6.92 Å². The van der Waals surface area contributed by atoms with Crippen LogP contribution in [0.25, 0.3) is 32.6 Å². The maximum absolute atomic E-state index is 6.36. The van der Waals surface area contributed by atoms with Crippen molar-refractivity contribution in [1.29, 1.82) is 0 Å². The molecule has 0 amide bonds. The fourth-order valence-electron chi connectivity index (χ4n) is 3.38. The van der Waals surface area contributed by atoms with Crippen molar-refractivity contribution < 1.29 is 4.74 Å². The number of aryl methyl sites for hydroxylation is 2. The predicted octanol–water partition coefficient (Wildman–Crippen LogP) is 4.85. The molecular formula is C18H15ClN2O. The Kier molecular flexibility index (Phi) is 2.81. The first kappa shape index (κ1) is 13.4. The van der Waals surface area contributed by atoms with Crippen LogP contribution >= 0.6 is 11.6 Å². The van der Waals surface area contributed by atoms with Gasteiger partial charge in [-0.1, -0.05) is 17.7 Å². The minimum Gasteiger partial charge on any atom is -0.497 e. The van der Waals surface area contributed by atoms with E-state index >= 15 is 0 Å². The van der Waals surface area contributed by atoms with Gasteiger partial charge in [-0.2, -0.15) is 0 Å². The Bertz CT molecular complexity index is 1050. The van der Waals surface area contributed by atoms with Crippen LogP contribution in [0.5, 0.6) is 5.75 Å². The molecule has 0 saturated carbocycles. The molecule has 0 saturated heterocycles. The molecule has 3 nitrogen and oxygen atoms in total. The number of halogens is 1. The lowest BCUT2D eigenvalue weighted by Crippen LogP contribution is -1.91. The highest BCUT2D eigenvalue weighted by molar-refractivity contribution is 6.37. The first-order valence-corrected chi connectivity index (χ1v) is 7.49. The molecule has 0 spiro atoms. The van der Waals surface area contributed by atoms with E-state index in [2.05, 4.69) is 41.7 Å². The van der Waals surface area contributed by atoms with Gasteiger partial charge in [0.25, 0.3) is 0 Å². The predicted molar refractivity (Wildman–Crippen MR) is 92.0 cm³/mol. The molecule has 110 valence electrons. The van der Waals surface area contributed by atoms with Gasteiger partial charge in [0.15, 0.2) is 0 Å². The lowest BCUT2D eigenvalue weighted by Gasteiger charge is -2.08. The van der Waals surface area contributed by atoms with E-state index in [0.29, 0.717) is 5.15 Å². The normalized spacial score (nSPS) is 11.6. The van der Waals surface area contributed by atoms with Crippen LogP contribution in [0.1, 0.15) is 5.56 Å². The zero-order valence-electron chi connectivity index (χ0n) is 12.6. The molecule has 0 unspecified atom stereocenters. The molecule has 0 N–H and O–H groups in total. The molecule has 4 aromatic rings. The third kappa shape index (κ3) is 1.66. The second kappa shape index (κ2) is 4.62. The van der Waals surface area contributed by atoms with Crippen molar-refractivity contribution in [3.05, 3.63) is 47.2 Å². The fourth-order valence-corrected chi connectivity index (χ4v) is 3.64. The van der Waals surface area contributed by atoms with Gasteiger partial charge in [-0.15, -0.1) is 0 Å². The molecule has 22 heavy (non-hydrogen) atoms. The lowest BCUT2D eigenvalue weighted by atomic mass is 10.0. The number of hydrogen-bond acceptors (Lipinski definition) is 2. The van der Waals surface area contributed by atoms with Gasteiger partial charge < -0.3 is 9.30 Å². The van der Waals surface area contributed by atoms with E-state index in [4.69, 9.17) is 16.3 Å². The van der Waals surface area contributed by atoms with Crippen LogP contribution in [-0.4, -0.2) is 16.7 Å². The highest BCUT2D eigenvalue weighted by Gasteiger charge is 2.15. The molecule has 0 aliphatic carbocycles. The highest BCUT2D eigenvalue weighted by atomic mass is 35.5. The van der Waals surface area contributed by atoms with E-state index < -0.39 is 0 Å². The van der Waals surface area contributed by atoms with Crippen LogP contribution in [-0.2, 0) is 7.05 Å². The summed E-state index contributed by atoms with van der Waals surface area (Å²) in [4.78, 5) is 4.24. The third-order valence-corrected chi connectivity index (χ3v) is 4.71. The van der Waals surface area contributed by atoms with E-state index in [1.54, 1.807) is 13.3 Å². The quantitative estimate of drug-likeness (QED) is 0.470. The number of nitrogens with zero attached hydrogens (tertiary/aromatic N) is 2. The van der Waals surface area contributed by atoms with Crippen LogP contribution in [0.2, 0.25) is 5.15 Å². The molecule has 2 aromatic heterocycles. The maximum atomic E-state index is 6.36. The molecule has 0 atom stereocenters. The highest BCUT2D eigenvalue weighted by Crippen LogP contribution is 2.37. The van der Waals surface area contributed by atoms with E-state index in [1.807, 2.05) is 12.1 Å². The summed E-state index contributed by atoms with van der Waals surface area (Å²) in [6.45, 7) is 2.15. The van der Waals surface area contributed by atoms with Crippen LogP contribution < -0.4 is 4.74 Å². The van der Waals surface area contributed by atoms with E-state index in [9.17, 15) is 0 Å². The smallest absolute Gasteiger partial charge is 0.138 e. The van der Waals surface area contributed by atoms with E-state index in [-0.39, 0.29) is 0 Å². The number of ether oxygens (including phenoxy) is 1. The van der Waals surface area contributed by atoms with Crippen molar-refractivity contribution in [3.63, 3.8) is 0 Å². The summed E-state index contributed by atoms with van der Waals surface area (Å²) in [5.41, 5.74) is 3.54. The summed E-state index contributed by atoms with van der Waals surface area (Å²) < 4.78 is 7.54. The Morgan fingerprint density at radius 3 is 2.73 bits per heavy atom. The average molecular weight is 311 g/mol. The van der Waals surface area contributed by atoms with Crippen molar-refractivity contribution in [2.75, 3.05) is 7.11 Å². The van der Waals surface area contributed by atoms with E-state index in [0.717, 1.165) is 27.4 Å². The Morgan fingerprint density at radius 1 is 1.14 bits per heavy atom. The minimum atomic E-state index is 0.546. The van der Waals surface area contributed by atoms with Gasteiger partial charge in [0.1, 0.15) is 10.9 Å². The molecule has 0 fully saturated rings. The number of benzene rings is 2. The molecule has 0 aliphatic rings. The Labute approximate surface area is 133 Å². The first-order valence-electron chi connectivity index (χ1n) is 7.11. The summed E-state index contributed by atoms with van der Waals surface area (Å²) >= 11 is 6.36. The number of pyridine rings is 1. The van der Waals surface area contributed by atoms with Gasteiger partial charge in [0.05, 0.1) is 18.1 Å². The summed E-state index contributed by atoms with van der Waals surface area (Å²) in [5, 5.41) is 5.06. The molecule has 4 rings (SSSR count). The SMILES string of the molecule is COc1ccc2c(C)c3c(cc2c1)c1c(Cl)nccc1n3C. The summed E-state index contributed by atoms with van der Waals surface area (Å²) in [5.74, 6) is 0.857. The minimum absolute atomic E-state index is 0.546. The monoisotopic (exact) mass is 310 g/mol. The van der Waals surface area contributed by atoms with Crippen molar-refractivity contribution in [2.24, 2.45) is 7.05 Å². The third-order valence-electron chi connectivity index (χ3n) is 4.42. The van der Waals surface area contributed by atoms with Crippen molar-refractivity contribution in [3.8, 4) is 5.75 Å². The van der Waals surface area contributed by atoms with Gasteiger partial charge in [-0.3, -0.25) is 0 Å². The molecule has 4 heteroatoms. The number of hydrogen-bond donors (Lipinski definition) is 0. The number of rotatable bonds is 1. The second-order valence-corrected chi connectivity index (χ2v) is 5.90. The Morgan fingerprint density at radius 2 is 1.95 bits per heavy atom. The molecule has 0 aliphatic heterocycles. The summed E-state index contributed by atoms with van der Waals surface area (Å²) in [6, 6.07) is 10.4. The topological polar surface area (TPSA) is 27.1 Å². The molecule has 0 bridgehead atoms. The van der Waals surface area contributed by atoms with Gasteiger partial charge in [-0.25, -0.2) is 4.98 Å². The summed E-state index contributed by atoms with van der Waals surface area (Å²) in [7, 11) is 3.76. The zero-order valence-corrected chi connectivity index (χ0v) is 13.4. The number of methoxy groups -OCH3 is 1. The van der Waals surface area contributed by atoms with Gasteiger partial charge in [0, 0.05) is 24.0 Å². The molecule has 0 radical (unpaired) electrons. The first-order chi connectivity index (χ1) is 10.6. The number of aromatic nitrogens is 2. The average Bonchev–Trinajstić information content (AvgIpc) is 2.81. The summed E-state index contributed by atoms with van der Waals surface area (Å²) in [6.07, 6.45) is 1.75. The van der Waals surface area contributed by atoms with Crippen LogP contribution in [0.15, 0.2) is 36.5 Å². The van der Waals surface area contributed by atoms with E-state index in [1.165, 1.54) is 16.5 Å². The molecular weight excluding hydrogens is 296 g/mol. The largest absolute Gasteiger partial charge is 0.497 e. The van der Waals surface area contributed by atoms with Gasteiger partial charge in [-0.05, 0) is 47.5 Å². The van der Waals surface area contributed by atoms with Crippen LogP contribution in [0.4, 0.5) is 0 Å². The van der Waals surface area contributed by atoms with Crippen molar-refractivity contribution in [2.45, 2.75) is 6.92 Å². The Hall–Kier alpha value is -2.26. The maximum Gasteiger partial charge on any atom is 0.138 e. The molecule has 2 aromatic carbocycles. The second-order valence-electron chi connectivity index (χ2n) is 5.54. The zero-order chi connectivity index (χ0) is 15.4.